The first kappa shape index (κ1) is 22.6. The second kappa shape index (κ2) is 7.82. The molecule has 1 saturated carbocycles. The molecule has 0 saturated heterocycles. The van der Waals surface area contributed by atoms with Gasteiger partial charge in [0.15, 0.2) is 5.78 Å². The molecule has 1 N–H and O–H groups in total. The number of hydrogen-bond acceptors (Lipinski definition) is 4. The first-order valence-corrected chi connectivity index (χ1v) is 12.9. The van der Waals surface area contributed by atoms with Crippen LogP contribution < -0.4 is 5.56 Å². The van der Waals surface area contributed by atoms with Crippen molar-refractivity contribution in [3.63, 3.8) is 0 Å². The van der Waals surface area contributed by atoms with E-state index in [1.807, 2.05) is 13.0 Å². The number of benzene rings is 1. The van der Waals surface area contributed by atoms with Gasteiger partial charge in [0.2, 0.25) is 0 Å². The van der Waals surface area contributed by atoms with Gasteiger partial charge in [-0.25, -0.2) is 9.37 Å². The maximum atomic E-state index is 14.8. The van der Waals surface area contributed by atoms with E-state index in [-0.39, 0.29) is 23.6 Å². The molecule has 3 heterocycles. The molecule has 6 rings (SSSR count). The molecule has 1 aliphatic heterocycles. The Morgan fingerprint density at radius 3 is 2.60 bits per heavy atom. The standard InChI is InChI=1S/C29H31FN2O3/c1-4-29(35,16(3)33)22-12-25-27-21(14-32(25)28(34)20(22)11-17-7-5-8-17)19-10-6-9-18-15(2)23(30)13-24(31-27)26(18)19/h12-13,17,35H,4-11,14H2,1-3H3/t29-/m1/s1. The van der Waals surface area contributed by atoms with Crippen LogP contribution in [0.25, 0.3) is 22.3 Å². The number of carbonyl (C=O) groups excluding carboxylic acids is 1. The minimum Gasteiger partial charge on any atom is -0.377 e. The summed E-state index contributed by atoms with van der Waals surface area (Å²) >= 11 is 0. The number of nitrogens with zero attached hydrogens (tertiary/aromatic N) is 2. The van der Waals surface area contributed by atoms with Crippen LogP contribution >= 0.6 is 0 Å². The van der Waals surface area contributed by atoms with E-state index in [4.69, 9.17) is 4.98 Å². The third-order valence-corrected chi connectivity index (χ3v) is 8.89. The Labute approximate surface area is 204 Å². The van der Waals surface area contributed by atoms with Crippen molar-refractivity contribution in [2.45, 2.75) is 84.3 Å². The molecule has 1 atom stereocenters. The van der Waals surface area contributed by atoms with Crippen LogP contribution in [0.1, 0.15) is 79.3 Å². The molecule has 0 unspecified atom stereocenters. The van der Waals surface area contributed by atoms with E-state index < -0.39 is 5.60 Å². The zero-order valence-electron chi connectivity index (χ0n) is 20.6. The van der Waals surface area contributed by atoms with Crippen molar-refractivity contribution in [3.05, 3.63) is 61.7 Å². The summed E-state index contributed by atoms with van der Waals surface area (Å²) in [5, 5.41) is 12.5. The second-order valence-electron chi connectivity index (χ2n) is 10.7. The molecule has 1 aromatic carbocycles. The van der Waals surface area contributed by atoms with E-state index in [0.717, 1.165) is 60.6 Å². The average molecular weight is 475 g/mol. The van der Waals surface area contributed by atoms with Gasteiger partial charge in [0.25, 0.3) is 5.56 Å². The molecule has 0 amide bonds. The van der Waals surface area contributed by atoms with Crippen LogP contribution in [-0.2, 0) is 36.2 Å². The number of aliphatic hydroxyl groups is 1. The second-order valence-corrected chi connectivity index (χ2v) is 10.7. The highest BCUT2D eigenvalue weighted by Gasteiger charge is 2.39. The van der Waals surface area contributed by atoms with Gasteiger partial charge in [0.1, 0.15) is 11.4 Å². The normalized spacial score (nSPS) is 18.2. The number of aryl methyl sites for hydroxylation is 2. The van der Waals surface area contributed by atoms with Gasteiger partial charge in [-0.2, -0.15) is 0 Å². The summed E-state index contributed by atoms with van der Waals surface area (Å²) < 4.78 is 16.5. The maximum Gasteiger partial charge on any atom is 0.254 e. The summed E-state index contributed by atoms with van der Waals surface area (Å²) in [4.78, 5) is 31.5. The van der Waals surface area contributed by atoms with Crippen LogP contribution in [-0.4, -0.2) is 20.4 Å². The molecular formula is C29H31FN2O3. The molecular weight excluding hydrogens is 443 g/mol. The predicted octanol–water partition coefficient (Wildman–Crippen LogP) is 4.89. The largest absolute Gasteiger partial charge is 0.377 e. The quantitative estimate of drug-likeness (QED) is 0.447. The van der Waals surface area contributed by atoms with Crippen molar-refractivity contribution in [2.24, 2.45) is 5.92 Å². The van der Waals surface area contributed by atoms with Crippen molar-refractivity contribution in [2.75, 3.05) is 0 Å². The maximum absolute atomic E-state index is 14.8. The SMILES string of the molecule is CC[C@@](O)(C(C)=O)c1cc2n(c(=O)c1CC1CCC1)Cc1c-2nc2cc(F)c(C)c3c2c1CCC3. The Bertz CT molecular complexity index is 1480. The molecule has 3 aromatic rings. The molecule has 1 fully saturated rings. The van der Waals surface area contributed by atoms with Gasteiger partial charge in [0.05, 0.1) is 23.4 Å². The summed E-state index contributed by atoms with van der Waals surface area (Å²) in [5.74, 6) is -0.204. The number of pyridine rings is 2. The van der Waals surface area contributed by atoms with Crippen LogP contribution in [0, 0.1) is 18.7 Å². The van der Waals surface area contributed by atoms with Crippen molar-refractivity contribution in [3.8, 4) is 11.4 Å². The van der Waals surface area contributed by atoms with Gasteiger partial charge in [-0.3, -0.25) is 9.59 Å². The molecule has 182 valence electrons. The monoisotopic (exact) mass is 474 g/mol. The zero-order chi connectivity index (χ0) is 24.6. The molecule has 2 aliphatic carbocycles. The van der Waals surface area contributed by atoms with Crippen LogP contribution in [0.5, 0.6) is 0 Å². The molecule has 3 aliphatic rings. The first-order chi connectivity index (χ1) is 16.7. The Balaban J connectivity index is 1.64. The number of fused-ring (bicyclic) bond motifs is 4. The fourth-order valence-corrected chi connectivity index (χ4v) is 6.49. The molecule has 0 radical (unpaired) electrons. The van der Waals surface area contributed by atoms with Gasteiger partial charge in [-0.15, -0.1) is 0 Å². The summed E-state index contributed by atoms with van der Waals surface area (Å²) in [6.07, 6.45) is 6.70. The Hall–Kier alpha value is -2.86. The molecule has 5 nitrogen and oxygen atoms in total. The number of carbonyl (C=O) groups is 1. The third-order valence-electron chi connectivity index (χ3n) is 8.89. The lowest BCUT2D eigenvalue weighted by atomic mass is 9.77. The average Bonchev–Trinajstić information content (AvgIpc) is 3.19. The molecule has 6 heteroatoms. The lowest BCUT2D eigenvalue weighted by Gasteiger charge is -2.31. The fourth-order valence-electron chi connectivity index (χ4n) is 6.49. The molecule has 2 aromatic heterocycles. The topological polar surface area (TPSA) is 72.2 Å². The number of halogens is 1. The lowest BCUT2D eigenvalue weighted by Crippen LogP contribution is -2.39. The highest BCUT2D eigenvalue weighted by molar-refractivity contribution is 5.92. The minimum absolute atomic E-state index is 0.134. The van der Waals surface area contributed by atoms with Crippen LogP contribution in [0.15, 0.2) is 16.9 Å². The van der Waals surface area contributed by atoms with E-state index in [2.05, 4.69) is 0 Å². The van der Waals surface area contributed by atoms with Gasteiger partial charge < -0.3 is 9.67 Å². The highest BCUT2D eigenvalue weighted by Crippen LogP contribution is 2.43. The van der Waals surface area contributed by atoms with E-state index in [1.54, 1.807) is 11.5 Å². The summed E-state index contributed by atoms with van der Waals surface area (Å²) in [6.45, 7) is 5.42. The minimum atomic E-state index is -1.71. The van der Waals surface area contributed by atoms with Gasteiger partial charge in [-0.05, 0) is 74.6 Å². The van der Waals surface area contributed by atoms with Crippen molar-refractivity contribution >= 4 is 16.7 Å². The van der Waals surface area contributed by atoms with Gasteiger partial charge >= 0.3 is 0 Å². The number of ketones is 1. The van der Waals surface area contributed by atoms with Gasteiger partial charge in [-0.1, -0.05) is 26.2 Å². The van der Waals surface area contributed by atoms with E-state index >= 15 is 0 Å². The van der Waals surface area contributed by atoms with E-state index in [9.17, 15) is 19.1 Å². The van der Waals surface area contributed by atoms with Crippen LogP contribution in [0.4, 0.5) is 4.39 Å². The van der Waals surface area contributed by atoms with Crippen LogP contribution in [0.3, 0.4) is 0 Å². The zero-order valence-corrected chi connectivity index (χ0v) is 20.6. The Kier molecular flexibility index (Phi) is 5.05. The number of Topliss-reactive ketones (excluding diaryl/α,β-unsaturated/α-hetero) is 1. The summed E-state index contributed by atoms with van der Waals surface area (Å²) in [5.41, 5.74) is 4.97. The van der Waals surface area contributed by atoms with E-state index in [0.29, 0.717) is 52.5 Å². The molecule has 0 spiro atoms. The van der Waals surface area contributed by atoms with E-state index in [1.165, 1.54) is 13.0 Å². The van der Waals surface area contributed by atoms with Gasteiger partial charge in [0, 0.05) is 28.1 Å². The molecule has 0 bridgehead atoms. The van der Waals surface area contributed by atoms with Crippen molar-refractivity contribution in [1.29, 1.82) is 0 Å². The lowest BCUT2D eigenvalue weighted by molar-refractivity contribution is -0.136. The summed E-state index contributed by atoms with van der Waals surface area (Å²) in [6, 6.07) is 3.33. The molecule has 35 heavy (non-hydrogen) atoms. The van der Waals surface area contributed by atoms with Crippen molar-refractivity contribution in [1.82, 2.24) is 9.55 Å². The summed E-state index contributed by atoms with van der Waals surface area (Å²) in [7, 11) is 0. The number of aromatic nitrogens is 2. The number of hydrogen-bond donors (Lipinski definition) is 1. The smallest absolute Gasteiger partial charge is 0.254 e. The van der Waals surface area contributed by atoms with Crippen molar-refractivity contribution < 1.29 is 14.3 Å². The Morgan fingerprint density at radius 1 is 1.20 bits per heavy atom. The first-order valence-electron chi connectivity index (χ1n) is 12.9. The Morgan fingerprint density at radius 2 is 1.94 bits per heavy atom. The fraction of sp³-hybridized carbons (Fsp3) is 0.483. The third kappa shape index (κ3) is 3.11. The highest BCUT2D eigenvalue weighted by atomic mass is 19.1. The number of rotatable bonds is 5. The predicted molar refractivity (Wildman–Crippen MR) is 133 cm³/mol. The van der Waals surface area contributed by atoms with Crippen LogP contribution in [0.2, 0.25) is 0 Å².